The Labute approximate surface area is 148 Å². The van der Waals surface area contributed by atoms with Crippen LogP contribution in [0.5, 0.6) is 0 Å². The van der Waals surface area contributed by atoms with Crippen LogP contribution < -0.4 is 11.0 Å². The molecule has 0 amide bonds. The lowest BCUT2D eigenvalue weighted by atomic mass is 9.89. The molecular formula is C20H26N4O. The first kappa shape index (κ1) is 16.3. The second-order valence-electron chi connectivity index (χ2n) is 7.20. The largest absolute Gasteiger partial charge is 0.370 e. The minimum Gasteiger partial charge on any atom is -0.370 e. The number of rotatable bonds is 3. The lowest BCUT2D eigenvalue weighted by molar-refractivity contribution is 0.203. The van der Waals surface area contributed by atoms with E-state index in [-0.39, 0.29) is 5.69 Å². The van der Waals surface area contributed by atoms with Crippen molar-refractivity contribution in [3.8, 4) is 0 Å². The quantitative estimate of drug-likeness (QED) is 0.903. The summed E-state index contributed by atoms with van der Waals surface area (Å²) >= 11 is 0. The normalized spacial score (nSPS) is 19.0. The lowest BCUT2D eigenvalue weighted by Crippen LogP contribution is -2.33. The van der Waals surface area contributed by atoms with Gasteiger partial charge in [0, 0.05) is 30.3 Å². The van der Waals surface area contributed by atoms with Gasteiger partial charge in [-0.2, -0.15) is 4.98 Å². The summed E-state index contributed by atoms with van der Waals surface area (Å²) in [7, 11) is 0. The Bertz CT molecular complexity index is 763. The van der Waals surface area contributed by atoms with Crippen LogP contribution in [0.15, 0.2) is 35.1 Å². The minimum absolute atomic E-state index is 0.213. The van der Waals surface area contributed by atoms with Crippen molar-refractivity contribution in [1.82, 2.24) is 14.9 Å². The second-order valence-corrected chi connectivity index (χ2v) is 7.20. The second kappa shape index (κ2) is 7.40. The van der Waals surface area contributed by atoms with Crippen LogP contribution in [0, 0.1) is 0 Å². The summed E-state index contributed by atoms with van der Waals surface area (Å²) < 4.78 is 0. The van der Waals surface area contributed by atoms with Crippen LogP contribution in [0.25, 0.3) is 0 Å². The molecule has 132 valence electrons. The number of nitrogens with one attached hydrogen (secondary N) is 2. The summed E-state index contributed by atoms with van der Waals surface area (Å²) in [5.41, 5.74) is 3.55. The maximum Gasteiger partial charge on any atom is 0.347 e. The molecule has 0 spiro atoms. The van der Waals surface area contributed by atoms with E-state index < -0.39 is 0 Å². The van der Waals surface area contributed by atoms with Crippen LogP contribution in [0.1, 0.15) is 48.4 Å². The van der Waals surface area contributed by atoms with E-state index in [0.29, 0.717) is 5.92 Å². The highest BCUT2D eigenvalue weighted by atomic mass is 16.1. The number of benzene rings is 1. The molecule has 0 radical (unpaired) electrons. The van der Waals surface area contributed by atoms with Crippen molar-refractivity contribution in [3.63, 3.8) is 0 Å². The molecule has 0 unspecified atom stereocenters. The highest BCUT2D eigenvalue weighted by molar-refractivity contribution is 5.48. The van der Waals surface area contributed by atoms with Gasteiger partial charge in [0.2, 0.25) is 0 Å². The van der Waals surface area contributed by atoms with Crippen LogP contribution in [0.2, 0.25) is 0 Å². The Morgan fingerprint density at radius 1 is 1.12 bits per heavy atom. The molecule has 2 aromatic rings. The topological polar surface area (TPSA) is 61.0 Å². The number of fused-ring (bicyclic) bond motifs is 1. The maximum absolute atomic E-state index is 12.0. The standard InChI is InChI=1S/C20H26N4O/c25-20-22-18(17-8-4-5-11-21-19(17)23-20)16-9-12-24(13-10-16)14-15-6-2-1-3-7-15/h1-3,6-7,16H,4-5,8-14H2,(H2,21,22,23,25). The first-order valence-corrected chi connectivity index (χ1v) is 9.43. The molecule has 5 nitrogen and oxygen atoms in total. The van der Waals surface area contributed by atoms with E-state index in [0.717, 1.165) is 69.8 Å². The molecule has 25 heavy (non-hydrogen) atoms. The molecule has 3 heterocycles. The predicted octanol–water partition coefficient (Wildman–Crippen LogP) is 2.90. The molecule has 0 bridgehead atoms. The van der Waals surface area contributed by atoms with Crippen molar-refractivity contribution >= 4 is 5.82 Å². The number of nitrogens with zero attached hydrogens (tertiary/aromatic N) is 2. The molecule has 4 rings (SSSR count). The zero-order valence-electron chi connectivity index (χ0n) is 14.6. The van der Waals surface area contributed by atoms with Crippen molar-refractivity contribution in [2.24, 2.45) is 0 Å². The average molecular weight is 338 g/mol. The smallest absolute Gasteiger partial charge is 0.347 e. The zero-order chi connectivity index (χ0) is 17.1. The van der Waals surface area contributed by atoms with Gasteiger partial charge >= 0.3 is 5.69 Å². The van der Waals surface area contributed by atoms with Gasteiger partial charge in [-0.05, 0) is 50.8 Å². The van der Waals surface area contributed by atoms with E-state index in [9.17, 15) is 4.79 Å². The van der Waals surface area contributed by atoms with Crippen molar-refractivity contribution in [3.05, 3.63) is 57.6 Å². The van der Waals surface area contributed by atoms with E-state index in [4.69, 9.17) is 0 Å². The Kier molecular flexibility index (Phi) is 4.83. The summed E-state index contributed by atoms with van der Waals surface area (Å²) in [5.74, 6) is 1.26. The fraction of sp³-hybridized carbons (Fsp3) is 0.500. The number of aromatic nitrogens is 2. The number of H-pyrrole nitrogens is 1. The Balaban J connectivity index is 1.47. The monoisotopic (exact) mass is 338 g/mol. The molecule has 0 saturated carbocycles. The number of anilines is 1. The van der Waals surface area contributed by atoms with Gasteiger partial charge < -0.3 is 10.3 Å². The van der Waals surface area contributed by atoms with E-state index in [1.807, 2.05) is 0 Å². The molecule has 2 aliphatic heterocycles. The summed E-state index contributed by atoms with van der Waals surface area (Å²) in [6.07, 6.45) is 5.51. The Hall–Kier alpha value is -2.14. The molecule has 1 fully saturated rings. The molecule has 2 N–H and O–H groups in total. The third-order valence-electron chi connectivity index (χ3n) is 5.46. The Morgan fingerprint density at radius 2 is 1.92 bits per heavy atom. The fourth-order valence-corrected chi connectivity index (χ4v) is 4.12. The van der Waals surface area contributed by atoms with Crippen LogP contribution in [-0.2, 0) is 13.0 Å². The highest BCUT2D eigenvalue weighted by Gasteiger charge is 2.25. The van der Waals surface area contributed by atoms with Gasteiger partial charge in [-0.1, -0.05) is 30.3 Å². The van der Waals surface area contributed by atoms with Gasteiger partial charge in [-0.3, -0.25) is 4.90 Å². The fourth-order valence-electron chi connectivity index (χ4n) is 4.12. The third kappa shape index (κ3) is 3.76. The van der Waals surface area contributed by atoms with E-state index >= 15 is 0 Å². The molecule has 2 aliphatic rings. The molecule has 0 aliphatic carbocycles. The summed E-state index contributed by atoms with van der Waals surface area (Å²) in [5, 5.41) is 3.35. The van der Waals surface area contributed by atoms with Crippen LogP contribution >= 0.6 is 0 Å². The molecule has 1 aromatic heterocycles. The Morgan fingerprint density at radius 3 is 2.72 bits per heavy atom. The first-order chi connectivity index (χ1) is 12.3. The van der Waals surface area contributed by atoms with Crippen LogP contribution in [0.4, 0.5) is 5.82 Å². The SMILES string of the molecule is O=c1nc2c(c(C3CCN(Cc4ccccc4)CC3)[nH]1)CCCCN2. The van der Waals surface area contributed by atoms with Crippen molar-refractivity contribution in [2.45, 2.75) is 44.6 Å². The van der Waals surface area contributed by atoms with Gasteiger partial charge in [-0.25, -0.2) is 4.79 Å². The first-order valence-electron chi connectivity index (χ1n) is 9.43. The minimum atomic E-state index is -0.213. The van der Waals surface area contributed by atoms with Gasteiger partial charge in [0.05, 0.1) is 0 Å². The molecule has 1 saturated heterocycles. The number of hydrogen-bond acceptors (Lipinski definition) is 4. The molecular weight excluding hydrogens is 312 g/mol. The molecule has 5 heteroatoms. The number of likely N-dealkylation sites (tertiary alicyclic amines) is 1. The van der Waals surface area contributed by atoms with E-state index in [2.05, 4.69) is 50.5 Å². The average Bonchev–Trinajstić information content (AvgIpc) is 2.88. The van der Waals surface area contributed by atoms with Gasteiger partial charge in [0.1, 0.15) is 5.82 Å². The van der Waals surface area contributed by atoms with Crippen LogP contribution in [0.3, 0.4) is 0 Å². The number of aromatic amines is 1. The summed E-state index contributed by atoms with van der Waals surface area (Å²) in [6.45, 7) is 4.08. The third-order valence-corrected chi connectivity index (χ3v) is 5.46. The number of hydrogen-bond donors (Lipinski definition) is 2. The van der Waals surface area contributed by atoms with E-state index in [1.54, 1.807) is 0 Å². The van der Waals surface area contributed by atoms with Crippen molar-refractivity contribution < 1.29 is 0 Å². The van der Waals surface area contributed by atoms with Crippen LogP contribution in [-0.4, -0.2) is 34.5 Å². The molecule has 0 atom stereocenters. The van der Waals surface area contributed by atoms with Gasteiger partial charge in [0.25, 0.3) is 0 Å². The summed E-state index contributed by atoms with van der Waals surface area (Å²) in [4.78, 5) is 21.8. The van der Waals surface area contributed by atoms with Gasteiger partial charge in [-0.15, -0.1) is 0 Å². The highest BCUT2D eigenvalue weighted by Crippen LogP contribution is 2.32. The maximum atomic E-state index is 12.0. The summed E-state index contributed by atoms with van der Waals surface area (Å²) in [6, 6.07) is 10.7. The number of piperidine rings is 1. The predicted molar refractivity (Wildman–Crippen MR) is 100.0 cm³/mol. The van der Waals surface area contributed by atoms with Gasteiger partial charge in [0.15, 0.2) is 0 Å². The van der Waals surface area contributed by atoms with Crippen molar-refractivity contribution in [1.29, 1.82) is 0 Å². The lowest BCUT2D eigenvalue weighted by Gasteiger charge is -2.32. The zero-order valence-corrected chi connectivity index (χ0v) is 14.6. The van der Waals surface area contributed by atoms with E-state index in [1.165, 1.54) is 11.1 Å². The molecule has 1 aromatic carbocycles. The van der Waals surface area contributed by atoms with Crippen molar-refractivity contribution in [2.75, 3.05) is 25.0 Å².